The number of nitrogens with zero attached hydrogens (tertiary/aromatic N) is 2. The molecule has 0 fully saturated rings. The SMILES string of the molecule is Cc1ccc(F)c(-n2cncc2C(N)CO)c1. The van der Waals surface area contributed by atoms with Gasteiger partial charge in [-0.3, -0.25) is 4.57 Å². The summed E-state index contributed by atoms with van der Waals surface area (Å²) in [5, 5.41) is 9.04. The van der Waals surface area contributed by atoms with Gasteiger partial charge in [0, 0.05) is 0 Å². The van der Waals surface area contributed by atoms with Crippen molar-refractivity contribution in [2.24, 2.45) is 5.73 Å². The summed E-state index contributed by atoms with van der Waals surface area (Å²) in [6.07, 6.45) is 3.02. The number of rotatable bonds is 3. The van der Waals surface area contributed by atoms with Gasteiger partial charge < -0.3 is 10.8 Å². The fraction of sp³-hybridized carbons (Fsp3) is 0.250. The lowest BCUT2D eigenvalue weighted by molar-refractivity contribution is 0.265. The lowest BCUT2D eigenvalue weighted by atomic mass is 10.2. The van der Waals surface area contributed by atoms with Crippen LogP contribution in [0.2, 0.25) is 0 Å². The molecule has 3 N–H and O–H groups in total. The maximum absolute atomic E-state index is 13.7. The van der Waals surface area contributed by atoms with Gasteiger partial charge in [-0.2, -0.15) is 0 Å². The molecule has 0 saturated carbocycles. The second-order valence-electron chi connectivity index (χ2n) is 3.93. The molecule has 90 valence electrons. The lowest BCUT2D eigenvalue weighted by Gasteiger charge is -2.13. The monoisotopic (exact) mass is 235 g/mol. The molecule has 0 radical (unpaired) electrons. The van der Waals surface area contributed by atoms with Crippen molar-refractivity contribution in [3.05, 3.63) is 47.8 Å². The second-order valence-corrected chi connectivity index (χ2v) is 3.93. The van der Waals surface area contributed by atoms with E-state index in [4.69, 9.17) is 10.8 Å². The summed E-state index contributed by atoms with van der Waals surface area (Å²) in [6.45, 7) is 1.67. The summed E-state index contributed by atoms with van der Waals surface area (Å²) in [7, 11) is 0. The molecule has 1 atom stereocenters. The van der Waals surface area contributed by atoms with Crippen LogP contribution in [0.3, 0.4) is 0 Å². The summed E-state index contributed by atoms with van der Waals surface area (Å²) < 4.78 is 15.3. The number of hydrogen-bond donors (Lipinski definition) is 2. The number of imidazole rings is 1. The van der Waals surface area contributed by atoms with Gasteiger partial charge in [-0.25, -0.2) is 9.37 Å². The maximum Gasteiger partial charge on any atom is 0.147 e. The molecule has 1 unspecified atom stereocenters. The van der Waals surface area contributed by atoms with Gasteiger partial charge in [0.1, 0.15) is 5.82 Å². The van der Waals surface area contributed by atoms with E-state index < -0.39 is 6.04 Å². The van der Waals surface area contributed by atoms with Gasteiger partial charge in [0.2, 0.25) is 0 Å². The molecule has 0 amide bonds. The Labute approximate surface area is 98.5 Å². The Hall–Kier alpha value is -1.72. The van der Waals surface area contributed by atoms with Crippen LogP contribution in [0.4, 0.5) is 4.39 Å². The van der Waals surface area contributed by atoms with Gasteiger partial charge in [-0.05, 0) is 24.6 Å². The zero-order valence-electron chi connectivity index (χ0n) is 9.47. The molecule has 2 rings (SSSR count). The van der Waals surface area contributed by atoms with E-state index in [0.717, 1.165) is 5.56 Å². The van der Waals surface area contributed by atoms with Crippen LogP contribution in [-0.2, 0) is 0 Å². The minimum atomic E-state index is -0.572. The van der Waals surface area contributed by atoms with E-state index >= 15 is 0 Å². The normalized spacial score (nSPS) is 12.7. The van der Waals surface area contributed by atoms with Crippen molar-refractivity contribution in [2.45, 2.75) is 13.0 Å². The topological polar surface area (TPSA) is 64.1 Å². The Morgan fingerprint density at radius 2 is 2.29 bits per heavy atom. The molecule has 4 nitrogen and oxygen atoms in total. The summed E-state index contributed by atoms with van der Waals surface area (Å²) in [5.74, 6) is -0.347. The highest BCUT2D eigenvalue weighted by Gasteiger charge is 2.14. The Kier molecular flexibility index (Phi) is 3.21. The van der Waals surface area contributed by atoms with Crippen LogP contribution in [0, 0.1) is 12.7 Å². The third-order valence-electron chi connectivity index (χ3n) is 2.60. The lowest BCUT2D eigenvalue weighted by Crippen LogP contribution is -2.18. The van der Waals surface area contributed by atoms with Crippen LogP contribution in [0.25, 0.3) is 5.69 Å². The number of aryl methyl sites for hydroxylation is 1. The first-order valence-electron chi connectivity index (χ1n) is 5.28. The van der Waals surface area contributed by atoms with Crippen LogP contribution in [0.15, 0.2) is 30.7 Å². The van der Waals surface area contributed by atoms with Gasteiger partial charge in [0.05, 0.1) is 36.6 Å². The number of nitrogens with two attached hydrogens (primary N) is 1. The summed E-state index contributed by atoms with van der Waals surface area (Å²) in [4.78, 5) is 3.94. The van der Waals surface area contributed by atoms with Gasteiger partial charge in [0.15, 0.2) is 0 Å². The fourth-order valence-corrected chi connectivity index (χ4v) is 1.68. The van der Waals surface area contributed by atoms with Crippen LogP contribution in [-0.4, -0.2) is 21.3 Å². The number of aromatic nitrogens is 2. The third-order valence-corrected chi connectivity index (χ3v) is 2.60. The van der Waals surface area contributed by atoms with Gasteiger partial charge in [-0.1, -0.05) is 6.07 Å². The van der Waals surface area contributed by atoms with E-state index in [1.54, 1.807) is 16.7 Å². The van der Waals surface area contributed by atoms with E-state index in [1.807, 2.05) is 6.92 Å². The largest absolute Gasteiger partial charge is 0.394 e. The molecule has 17 heavy (non-hydrogen) atoms. The van der Waals surface area contributed by atoms with Crippen molar-refractivity contribution in [1.82, 2.24) is 9.55 Å². The highest BCUT2D eigenvalue weighted by Crippen LogP contribution is 2.20. The molecule has 1 aromatic heterocycles. The first-order chi connectivity index (χ1) is 8.13. The summed E-state index contributed by atoms with van der Waals surface area (Å²) in [5.41, 5.74) is 7.65. The number of aliphatic hydroxyl groups excluding tert-OH is 1. The molecule has 0 aliphatic carbocycles. The Balaban J connectivity index is 2.53. The predicted octanol–water partition coefficient (Wildman–Crippen LogP) is 1.31. The number of aliphatic hydroxyl groups is 1. The van der Waals surface area contributed by atoms with Crippen molar-refractivity contribution in [1.29, 1.82) is 0 Å². The Morgan fingerprint density at radius 3 is 3.00 bits per heavy atom. The number of benzene rings is 1. The first-order valence-corrected chi connectivity index (χ1v) is 5.28. The molecule has 0 spiro atoms. The second kappa shape index (κ2) is 4.65. The first kappa shape index (κ1) is 11.8. The molecular weight excluding hydrogens is 221 g/mol. The van der Waals surface area contributed by atoms with E-state index in [9.17, 15) is 4.39 Å². The Bertz CT molecular complexity index is 524. The fourth-order valence-electron chi connectivity index (χ4n) is 1.68. The maximum atomic E-state index is 13.7. The van der Waals surface area contributed by atoms with Crippen molar-refractivity contribution >= 4 is 0 Å². The highest BCUT2D eigenvalue weighted by molar-refractivity contribution is 5.39. The molecule has 0 bridgehead atoms. The molecule has 2 aromatic rings. The smallest absolute Gasteiger partial charge is 0.147 e. The van der Waals surface area contributed by atoms with Crippen molar-refractivity contribution in [3.63, 3.8) is 0 Å². The highest BCUT2D eigenvalue weighted by atomic mass is 19.1. The molecule has 0 saturated heterocycles. The van der Waals surface area contributed by atoms with Crippen molar-refractivity contribution in [2.75, 3.05) is 6.61 Å². The van der Waals surface area contributed by atoms with Crippen LogP contribution in [0.1, 0.15) is 17.3 Å². The zero-order chi connectivity index (χ0) is 12.4. The van der Waals surface area contributed by atoms with E-state index in [1.165, 1.54) is 18.6 Å². The zero-order valence-corrected chi connectivity index (χ0v) is 9.47. The van der Waals surface area contributed by atoms with E-state index in [0.29, 0.717) is 11.4 Å². The van der Waals surface area contributed by atoms with E-state index in [-0.39, 0.29) is 12.4 Å². The molecular formula is C12H14FN3O. The summed E-state index contributed by atoms with van der Waals surface area (Å²) >= 11 is 0. The molecule has 5 heteroatoms. The van der Waals surface area contributed by atoms with Crippen molar-refractivity contribution < 1.29 is 9.50 Å². The minimum absolute atomic E-state index is 0.209. The Morgan fingerprint density at radius 1 is 1.53 bits per heavy atom. The predicted molar refractivity (Wildman–Crippen MR) is 62.3 cm³/mol. The van der Waals surface area contributed by atoms with Crippen LogP contribution < -0.4 is 5.73 Å². The quantitative estimate of drug-likeness (QED) is 0.843. The van der Waals surface area contributed by atoms with Gasteiger partial charge in [-0.15, -0.1) is 0 Å². The standard InChI is InChI=1S/C12H14FN3O/c1-8-2-3-9(13)11(4-8)16-7-15-5-12(16)10(14)6-17/h2-5,7,10,17H,6,14H2,1H3. The number of hydrogen-bond acceptors (Lipinski definition) is 3. The minimum Gasteiger partial charge on any atom is -0.394 e. The average Bonchev–Trinajstić information content (AvgIpc) is 2.80. The number of halogens is 1. The van der Waals surface area contributed by atoms with E-state index in [2.05, 4.69) is 4.98 Å². The third kappa shape index (κ3) is 2.20. The summed E-state index contributed by atoms with van der Waals surface area (Å²) in [6, 6.07) is 4.24. The average molecular weight is 235 g/mol. The van der Waals surface area contributed by atoms with Crippen LogP contribution in [0.5, 0.6) is 0 Å². The van der Waals surface area contributed by atoms with Gasteiger partial charge in [0.25, 0.3) is 0 Å². The van der Waals surface area contributed by atoms with Crippen molar-refractivity contribution in [3.8, 4) is 5.69 Å². The van der Waals surface area contributed by atoms with Gasteiger partial charge >= 0.3 is 0 Å². The molecule has 0 aliphatic rings. The molecule has 1 aromatic carbocycles. The van der Waals surface area contributed by atoms with Crippen LogP contribution >= 0.6 is 0 Å². The molecule has 1 heterocycles. The molecule has 0 aliphatic heterocycles.